The van der Waals surface area contributed by atoms with E-state index in [0.717, 1.165) is 22.4 Å². The van der Waals surface area contributed by atoms with Crippen LogP contribution < -0.4 is 10.9 Å². The van der Waals surface area contributed by atoms with Gasteiger partial charge in [0.15, 0.2) is 16.6 Å². The highest BCUT2D eigenvalue weighted by molar-refractivity contribution is 7.99. The Balaban J connectivity index is 1.60. The summed E-state index contributed by atoms with van der Waals surface area (Å²) in [5.41, 5.74) is 3.74. The van der Waals surface area contributed by atoms with Gasteiger partial charge in [-0.3, -0.25) is 14.7 Å². The van der Waals surface area contributed by atoms with Gasteiger partial charge in [-0.15, -0.1) is 0 Å². The summed E-state index contributed by atoms with van der Waals surface area (Å²) in [5.74, 6) is 0.376. The maximum absolute atomic E-state index is 12.5. The first-order chi connectivity index (χ1) is 14.4. The van der Waals surface area contributed by atoms with Gasteiger partial charge in [-0.2, -0.15) is 0 Å². The number of carbonyl (C=O) groups is 1. The Morgan fingerprint density at radius 2 is 2.00 bits per heavy atom. The van der Waals surface area contributed by atoms with Crippen molar-refractivity contribution in [3.63, 3.8) is 0 Å². The summed E-state index contributed by atoms with van der Waals surface area (Å²) in [6.45, 7) is 3.95. The minimum atomic E-state index is -0.297. The molecule has 0 bridgehead atoms. The average molecular weight is 440 g/mol. The van der Waals surface area contributed by atoms with Crippen molar-refractivity contribution in [3.8, 4) is 11.4 Å². The first kappa shape index (κ1) is 20.2. The number of H-pyrrole nitrogens is 1. The van der Waals surface area contributed by atoms with Gasteiger partial charge in [0.1, 0.15) is 0 Å². The standard InChI is InChI=1S/C21H18ClN5O2S/c1-12-6-7-16(13(2)8-12)23-19(29)11-30-21-25-20(14-4-3-5-15(22)9-14)24-17-10-18(28)26-27(17)21/h3-10H,11H2,1-2H3,(H,23,29)(H,26,28). The molecule has 0 unspecified atom stereocenters. The third-order valence-electron chi connectivity index (χ3n) is 4.40. The van der Waals surface area contributed by atoms with Crippen LogP contribution in [0, 0.1) is 13.8 Å². The summed E-state index contributed by atoms with van der Waals surface area (Å²) in [6.07, 6.45) is 0. The molecule has 0 aliphatic rings. The van der Waals surface area contributed by atoms with Crippen molar-refractivity contribution in [3.05, 3.63) is 75.0 Å². The van der Waals surface area contributed by atoms with Crippen molar-refractivity contribution in [1.29, 1.82) is 0 Å². The first-order valence-electron chi connectivity index (χ1n) is 9.15. The van der Waals surface area contributed by atoms with Gasteiger partial charge in [0.2, 0.25) is 5.91 Å². The fourth-order valence-corrected chi connectivity index (χ4v) is 3.95. The summed E-state index contributed by atoms with van der Waals surface area (Å²) in [5, 5.41) is 6.59. The third-order valence-corrected chi connectivity index (χ3v) is 5.57. The number of thioether (sulfide) groups is 1. The van der Waals surface area contributed by atoms with E-state index >= 15 is 0 Å². The Labute approximate surface area is 181 Å². The van der Waals surface area contributed by atoms with Crippen LogP contribution in [0.25, 0.3) is 17.0 Å². The van der Waals surface area contributed by atoms with Crippen molar-refractivity contribution in [1.82, 2.24) is 19.6 Å². The van der Waals surface area contributed by atoms with Crippen LogP contribution in [0.2, 0.25) is 5.02 Å². The Bertz CT molecular complexity index is 1310. The van der Waals surface area contributed by atoms with Gasteiger partial charge in [0, 0.05) is 22.3 Å². The van der Waals surface area contributed by atoms with Crippen molar-refractivity contribution < 1.29 is 4.79 Å². The zero-order chi connectivity index (χ0) is 21.3. The number of hydrogen-bond donors (Lipinski definition) is 2. The SMILES string of the molecule is Cc1ccc(NC(=O)CSc2nc(-c3cccc(Cl)c3)nc3cc(=O)[nH]n23)c(C)c1. The number of anilines is 1. The zero-order valence-corrected chi connectivity index (χ0v) is 17.8. The van der Waals surface area contributed by atoms with E-state index in [4.69, 9.17) is 11.6 Å². The molecule has 7 nitrogen and oxygen atoms in total. The van der Waals surface area contributed by atoms with E-state index in [1.54, 1.807) is 18.2 Å². The number of amides is 1. The molecule has 0 saturated carbocycles. The average Bonchev–Trinajstić information content (AvgIpc) is 3.08. The second-order valence-electron chi connectivity index (χ2n) is 6.81. The molecule has 2 heterocycles. The highest BCUT2D eigenvalue weighted by atomic mass is 35.5. The molecule has 152 valence electrons. The molecular formula is C21H18ClN5O2S. The molecule has 2 N–H and O–H groups in total. The number of benzene rings is 2. The van der Waals surface area contributed by atoms with Gasteiger partial charge >= 0.3 is 0 Å². The molecule has 0 aliphatic heterocycles. The lowest BCUT2D eigenvalue weighted by atomic mass is 10.1. The van der Waals surface area contributed by atoms with Crippen molar-refractivity contribution in [2.24, 2.45) is 0 Å². The summed E-state index contributed by atoms with van der Waals surface area (Å²) in [7, 11) is 0. The van der Waals surface area contributed by atoms with Gasteiger partial charge in [-0.25, -0.2) is 14.5 Å². The maximum Gasteiger partial charge on any atom is 0.266 e. The smallest absolute Gasteiger partial charge is 0.266 e. The molecule has 9 heteroatoms. The van der Waals surface area contributed by atoms with Crippen LogP contribution in [0.1, 0.15) is 11.1 Å². The van der Waals surface area contributed by atoms with Crippen LogP contribution in [0.3, 0.4) is 0 Å². The summed E-state index contributed by atoms with van der Waals surface area (Å²) >= 11 is 7.29. The molecule has 2 aromatic carbocycles. The quantitative estimate of drug-likeness (QED) is 0.457. The number of aryl methyl sites for hydroxylation is 2. The van der Waals surface area contributed by atoms with Crippen molar-refractivity contribution >= 4 is 40.6 Å². The highest BCUT2D eigenvalue weighted by Crippen LogP contribution is 2.24. The van der Waals surface area contributed by atoms with Gasteiger partial charge in [-0.05, 0) is 37.6 Å². The number of rotatable bonds is 5. The number of halogens is 1. The van der Waals surface area contributed by atoms with Crippen LogP contribution in [-0.2, 0) is 4.79 Å². The van der Waals surface area contributed by atoms with Gasteiger partial charge < -0.3 is 5.32 Å². The fourth-order valence-electron chi connectivity index (χ4n) is 3.01. The minimum absolute atomic E-state index is 0.120. The molecule has 2 aromatic heterocycles. The number of hydrogen-bond acceptors (Lipinski definition) is 5. The van der Waals surface area contributed by atoms with Gasteiger partial charge in [0.05, 0.1) is 5.75 Å². The molecule has 0 saturated heterocycles. The predicted molar refractivity (Wildman–Crippen MR) is 119 cm³/mol. The zero-order valence-electron chi connectivity index (χ0n) is 16.3. The van der Waals surface area contributed by atoms with Crippen LogP contribution in [0.15, 0.2) is 58.5 Å². The predicted octanol–water partition coefficient (Wildman–Crippen LogP) is 4.09. The Morgan fingerprint density at radius 3 is 2.77 bits per heavy atom. The first-order valence-corrected chi connectivity index (χ1v) is 10.5. The van der Waals surface area contributed by atoms with Crippen LogP contribution in [0.5, 0.6) is 0 Å². The normalized spacial score (nSPS) is 11.0. The van der Waals surface area contributed by atoms with E-state index in [1.807, 2.05) is 38.1 Å². The van der Waals surface area contributed by atoms with Gasteiger partial charge in [0.25, 0.3) is 5.56 Å². The topological polar surface area (TPSA) is 92.2 Å². The van der Waals surface area contributed by atoms with Crippen LogP contribution >= 0.6 is 23.4 Å². The fraction of sp³-hybridized carbons (Fsp3) is 0.143. The number of aromatic nitrogens is 4. The lowest BCUT2D eigenvalue weighted by Crippen LogP contribution is -2.16. The molecule has 1 amide bonds. The lowest BCUT2D eigenvalue weighted by molar-refractivity contribution is -0.113. The number of fused-ring (bicyclic) bond motifs is 1. The highest BCUT2D eigenvalue weighted by Gasteiger charge is 2.14. The second kappa shape index (κ2) is 8.33. The van der Waals surface area contributed by atoms with Crippen LogP contribution in [-0.4, -0.2) is 31.2 Å². The Morgan fingerprint density at radius 1 is 1.17 bits per heavy atom. The molecular weight excluding hydrogens is 422 g/mol. The molecule has 4 rings (SSSR count). The third kappa shape index (κ3) is 4.39. The van der Waals surface area contributed by atoms with Crippen LogP contribution in [0.4, 0.5) is 5.69 Å². The second-order valence-corrected chi connectivity index (χ2v) is 8.19. The molecule has 30 heavy (non-hydrogen) atoms. The van der Waals surface area contributed by atoms with Gasteiger partial charge in [-0.1, -0.05) is 53.2 Å². The van der Waals surface area contributed by atoms with E-state index < -0.39 is 0 Å². The van der Waals surface area contributed by atoms with E-state index in [9.17, 15) is 9.59 Å². The number of nitrogens with zero attached hydrogens (tertiary/aromatic N) is 3. The van der Waals surface area contributed by atoms with Crippen molar-refractivity contribution in [2.75, 3.05) is 11.1 Å². The monoisotopic (exact) mass is 439 g/mol. The Kier molecular flexibility index (Phi) is 5.61. The molecule has 4 aromatic rings. The maximum atomic E-state index is 12.5. The minimum Gasteiger partial charge on any atom is -0.325 e. The van der Waals surface area contributed by atoms with E-state index in [1.165, 1.54) is 22.3 Å². The van der Waals surface area contributed by atoms with E-state index in [2.05, 4.69) is 20.4 Å². The molecule has 0 radical (unpaired) electrons. The lowest BCUT2D eigenvalue weighted by Gasteiger charge is -2.10. The molecule has 0 fully saturated rings. The molecule has 0 atom stereocenters. The van der Waals surface area contributed by atoms with E-state index in [0.29, 0.717) is 21.7 Å². The van der Waals surface area contributed by atoms with E-state index in [-0.39, 0.29) is 17.2 Å². The largest absolute Gasteiger partial charge is 0.325 e. The number of aromatic amines is 1. The molecule has 0 spiro atoms. The summed E-state index contributed by atoms with van der Waals surface area (Å²) < 4.78 is 1.48. The summed E-state index contributed by atoms with van der Waals surface area (Å²) in [6, 6.07) is 14.4. The molecule has 0 aliphatic carbocycles. The Hall–Kier alpha value is -3.10. The number of nitrogens with one attached hydrogen (secondary N) is 2. The van der Waals surface area contributed by atoms with Crippen molar-refractivity contribution in [2.45, 2.75) is 19.0 Å². The summed E-state index contributed by atoms with van der Waals surface area (Å²) in [4.78, 5) is 33.3. The number of carbonyl (C=O) groups excluding carboxylic acids is 1.